The second-order valence-corrected chi connectivity index (χ2v) is 8.08. The van der Waals surface area contributed by atoms with E-state index in [-0.39, 0.29) is 11.8 Å². The number of anilines is 1. The smallest absolute Gasteiger partial charge is 0.317 e. The molecule has 1 aliphatic rings. The monoisotopic (exact) mass is 433 g/mol. The molecule has 0 unspecified atom stereocenters. The number of halogens is 1. The highest BCUT2D eigenvalue weighted by Crippen LogP contribution is 2.25. The van der Waals surface area contributed by atoms with Crippen LogP contribution >= 0.6 is 0 Å². The molecule has 166 valence electrons. The van der Waals surface area contributed by atoms with Crippen LogP contribution in [0.1, 0.15) is 28.2 Å². The molecule has 32 heavy (non-hydrogen) atoms. The third-order valence-corrected chi connectivity index (χ3v) is 5.73. The molecule has 0 atom stereocenters. The molecule has 2 amide bonds. The Morgan fingerprint density at radius 2 is 1.69 bits per heavy atom. The van der Waals surface area contributed by atoms with E-state index < -0.39 is 0 Å². The Morgan fingerprint density at radius 3 is 2.41 bits per heavy atom. The number of rotatable bonds is 5. The summed E-state index contributed by atoms with van der Waals surface area (Å²) in [7, 11) is 0. The fourth-order valence-electron chi connectivity index (χ4n) is 4.04. The van der Waals surface area contributed by atoms with E-state index in [9.17, 15) is 9.18 Å². The normalized spacial score (nSPS) is 13.8. The first-order valence-electron chi connectivity index (χ1n) is 10.9. The van der Waals surface area contributed by atoms with E-state index >= 15 is 0 Å². The summed E-state index contributed by atoms with van der Waals surface area (Å²) in [6, 6.07) is 16.5. The molecular formula is C25H28FN5O. The summed E-state index contributed by atoms with van der Waals surface area (Å²) in [5.74, 6) is 1.34. The van der Waals surface area contributed by atoms with Crippen molar-refractivity contribution in [1.29, 1.82) is 0 Å². The van der Waals surface area contributed by atoms with Gasteiger partial charge in [0, 0.05) is 50.4 Å². The van der Waals surface area contributed by atoms with Crippen molar-refractivity contribution < 1.29 is 9.18 Å². The van der Waals surface area contributed by atoms with Gasteiger partial charge in [0.05, 0.1) is 0 Å². The lowest BCUT2D eigenvalue weighted by Gasteiger charge is -2.36. The Hall–Kier alpha value is -3.48. The number of urea groups is 1. The molecule has 1 aromatic heterocycles. The Kier molecular flexibility index (Phi) is 6.63. The molecule has 1 aliphatic heterocycles. The minimum Gasteiger partial charge on any atom is -0.353 e. The highest BCUT2D eigenvalue weighted by Gasteiger charge is 2.24. The number of amides is 2. The van der Waals surface area contributed by atoms with Crippen molar-refractivity contribution in [2.75, 3.05) is 31.1 Å². The average molecular weight is 434 g/mol. The Balaban J connectivity index is 1.43. The lowest BCUT2D eigenvalue weighted by Crippen LogP contribution is -2.52. The lowest BCUT2D eigenvalue weighted by atomic mass is 10.0. The number of carbonyl (C=O) groups is 1. The van der Waals surface area contributed by atoms with Gasteiger partial charge in [-0.25, -0.2) is 19.2 Å². The van der Waals surface area contributed by atoms with Crippen LogP contribution in [0.15, 0.2) is 54.6 Å². The van der Waals surface area contributed by atoms with Crippen LogP contribution in [0.4, 0.5) is 15.0 Å². The minimum absolute atomic E-state index is 0.0523. The molecule has 4 rings (SSSR count). The summed E-state index contributed by atoms with van der Waals surface area (Å²) in [5, 5.41) is 3.00. The molecule has 0 spiro atoms. The Labute approximate surface area is 188 Å². The summed E-state index contributed by atoms with van der Waals surface area (Å²) in [6.07, 6.45) is 0.566. The molecule has 6 nitrogen and oxygen atoms in total. The van der Waals surface area contributed by atoms with E-state index in [0.29, 0.717) is 45.0 Å². The SMILES string of the molecule is Cc1nc(C)c(Cc2cccc(F)c2)c(N2CCN(C(=O)NCc3ccccc3)CC2)n1. The molecule has 3 aromatic rings. The molecule has 1 fully saturated rings. The molecule has 1 N–H and O–H groups in total. The largest absolute Gasteiger partial charge is 0.353 e. The third kappa shape index (κ3) is 5.22. The van der Waals surface area contributed by atoms with Gasteiger partial charge >= 0.3 is 6.03 Å². The molecular weight excluding hydrogens is 405 g/mol. The van der Waals surface area contributed by atoms with E-state index in [2.05, 4.69) is 15.2 Å². The summed E-state index contributed by atoms with van der Waals surface area (Å²) >= 11 is 0. The molecule has 0 aliphatic carbocycles. The second-order valence-electron chi connectivity index (χ2n) is 8.08. The molecule has 0 radical (unpaired) electrons. The van der Waals surface area contributed by atoms with Gasteiger partial charge < -0.3 is 15.1 Å². The predicted octanol–water partition coefficient (Wildman–Crippen LogP) is 3.86. The van der Waals surface area contributed by atoms with Crippen LogP contribution in [0.25, 0.3) is 0 Å². The highest BCUT2D eigenvalue weighted by molar-refractivity contribution is 5.74. The first-order valence-corrected chi connectivity index (χ1v) is 10.9. The number of nitrogens with one attached hydrogen (secondary N) is 1. The van der Waals surface area contributed by atoms with Gasteiger partial charge in [-0.3, -0.25) is 0 Å². The van der Waals surface area contributed by atoms with Gasteiger partial charge in [0.25, 0.3) is 0 Å². The van der Waals surface area contributed by atoms with Crippen molar-refractivity contribution in [1.82, 2.24) is 20.2 Å². The number of hydrogen-bond donors (Lipinski definition) is 1. The maximum Gasteiger partial charge on any atom is 0.317 e. The quantitative estimate of drug-likeness (QED) is 0.664. The van der Waals surface area contributed by atoms with Crippen molar-refractivity contribution in [3.63, 3.8) is 0 Å². The standard InChI is InChI=1S/C25H28FN5O/c1-18-23(16-21-9-6-10-22(26)15-21)24(29-19(2)28-18)30-11-13-31(14-12-30)25(32)27-17-20-7-4-3-5-8-20/h3-10,15H,11-14,16-17H2,1-2H3,(H,27,32). The van der Waals surface area contributed by atoms with Crippen LogP contribution in [-0.2, 0) is 13.0 Å². The fraction of sp³-hybridized carbons (Fsp3) is 0.320. The fourth-order valence-corrected chi connectivity index (χ4v) is 4.04. The first-order chi connectivity index (χ1) is 15.5. The van der Waals surface area contributed by atoms with E-state index in [1.54, 1.807) is 12.1 Å². The van der Waals surface area contributed by atoms with Crippen LogP contribution in [-0.4, -0.2) is 47.1 Å². The van der Waals surface area contributed by atoms with Gasteiger partial charge in [-0.05, 0) is 37.1 Å². The van der Waals surface area contributed by atoms with Gasteiger partial charge in [-0.2, -0.15) is 0 Å². The van der Waals surface area contributed by atoms with Gasteiger partial charge in [0.1, 0.15) is 17.5 Å². The van der Waals surface area contributed by atoms with E-state index in [4.69, 9.17) is 4.98 Å². The number of carbonyl (C=O) groups excluding carboxylic acids is 1. The molecule has 1 saturated heterocycles. The number of nitrogens with zero attached hydrogens (tertiary/aromatic N) is 4. The molecule has 7 heteroatoms. The van der Waals surface area contributed by atoms with E-state index in [0.717, 1.165) is 28.2 Å². The predicted molar refractivity (Wildman–Crippen MR) is 123 cm³/mol. The third-order valence-electron chi connectivity index (χ3n) is 5.73. The molecule has 0 bridgehead atoms. The molecule has 2 aromatic carbocycles. The van der Waals surface area contributed by atoms with Crippen LogP contribution in [0.5, 0.6) is 0 Å². The molecule has 0 saturated carbocycles. The van der Waals surface area contributed by atoms with Crippen LogP contribution in [0.3, 0.4) is 0 Å². The summed E-state index contributed by atoms with van der Waals surface area (Å²) in [5.41, 5.74) is 3.87. The Morgan fingerprint density at radius 1 is 0.969 bits per heavy atom. The van der Waals surface area contributed by atoms with Crippen molar-refractivity contribution in [3.05, 3.63) is 88.6 Å². The maximum atomic E-state index is 13.7. The van der Waals surface area contributed by atoms with Crippen LogP contribution in [0.2, 0.25) is 0 Å². The zero-order valence-electron chi connectivity index (χ0n) is 18.5. The number of hydrogen-bond acceptors (Lipinski definition) is 4. The van der Waals surface area contributed by atoms with Gasteiger partial charge in [-0.15, -0.1) is 0 Å². The van der Waals surface area contributed by atoms with E-state index in [1.165, 1.54) is 6.07 Å². The van der Waals surface area contributed by atoms with Crippen LogP contribution in [0, 0.1) is 19.7 Å². The van der Waals surface area contributed by atoms with E-state index in [1.807, 2.05) is 55.1 Å². The summed E-state index contributed by atoms with van der Waals surface area (Å²) in [4.78, 5) is 25.9. The minimum atomic E-state index is -0.245. The first kappa shape index (κ1) is 21.7. The number of piperazine rings is 1. The van der Waals surface area contributed by atoms with Crippen molar-refractivity contribution in [2.24, 2.45) is 0 Å². The van der Waals surface area contributed by atoms with Gasteiger partial charge in [-0.1, -0.05) is 42.5 Å². The summed E-state index contributed by atoms with van der Waals surface area (Å²) < 4.78 is 13.7. The topological polar surface area (TPSA) is 61.4 Å². The Bertz CT molecular complexity index is 1080. The number of benzene rings is 2. The van der Waals surface area contributed by atoms with Crippen LogP contribution < -0.4 is 10.2 Å². The number of aromatic nitrogens is 2. The van der Waals surface area contributed by atoms with Crippen molar-refractivity contribution in [3.8, 4) is 0 Å². The number of aryl methyl sites for hydroxylation is 2. The summed E-state index contributed by atoms with van der Waals surface area (Å²) in [6.45, 7) is 6.97. The highest BCUT2D eigenvalue weighted by atomic mass is 19.1. The zero-order chi connectivity index (χ0) is 22.5. The van der Waals surface area contributed by atoms with Crippen molar-refractivity contribution in [2.45, 2.75) is 26.8 Å². The zero-order valence-corrected chi connectivity index (χ0v) is 18.5. The maximum absolute atomic E-state index is 13.7. The van der Waals surface area contributed by atoms with Crippen molar-refractivity contribution >= 4 is 11.8 Å². The van der Waals surface area contributed by atoms with Gasteiger partial charge in [0.2, 0.25) is 0 Å². The average Bonchev–Trinajstić information content (AvgIpc) is 2.80. The second kappa shape index (κ2) is 9.77. The molecule has 2 heterocycles. The lowest BCUT2D eigenvalue weighted by molar-refractivity contribution is 0.193. The van der Waals surface area contributed by atoms with Gasteiger partial charge in [0.15, 0.2) is 0 Å².